The molecule has 1 amide bonds. The molecule has 162 valence electrons. The molecule has 1 saturated heterocycles. The number of carbonyl (C=O) groups excluding carboxylic acids is 3. The van der Waals surface area contributed by atoms with Crippen molar-refractivity contribution in [2.24, 2.45) is 5.92 Å². The lowest BCUT2D eigenvalue weighted by Gasteiger charge is -2.34. The van der Waals surface area contributed by atoms with Gasteiger partial charge in [0.2, 0.25) is 5.91 Å². The molecule has 2 heterocycles. The Morgan fingerprint density at radius 1 is 1.21 bits per heavy atom. The Balaban J connectivity index is 1.94. The van der Waals surface area contributed by atoms with Gasteiger partial charge >= 0.3 is 5.97 Å². The molecule has 1 atom stereocenters. The number of esters is 1. The third-order valence-corrected chi connectivity index (χ3v) is 5.73. The number of piperidine rings is 1. The highest BCUT2D eigenvalue weighted by Crippen LogP contribution is 2.24. The molecule has 1 aliphatic rings. The van der Waals surface area contributed by atoms with Crippen LogP contribution in [0.2, 0.25) is 0 Å². The topological polar surface area (TPSA) is 101 Å². The quantitative estimate of drug-likeness (QED) is 0.368. The van der Waals surface area contributed by atoms with Crippen molar-refractivity contribution in [3.63, 3.8) is 0 Å². The normalized spacial score (nSPS) is 16.4. The molecule has 1 aromatic rings. The predicted molar refractivity (Wildman–Crippen MR) is 109 cm³/mol. The Morgan fingerprint density at radius 3 is 2.45 bits per heavy atom. The SMILES string of the molecule is COCCCNC(=O)C1CCN(C(C)C(=O)c2[nH]c(C)c(C(=O)OC)c2C)CC1. The van der Waals surface area contributed by atoms with E-state index in [1.165, 1.54) is 7.11 Å². The minimum Gasteiger partial charge on any atom is -0.465 e. The molecule has 0 aromatic carbocycles. The van der Waals surface area contributed by atoms with Gasteiger partial charge in [-0.1, -0.05) is 0 Å². The number of hydrogen-bond donors (Lipinski definition) is 2. The van der Waals surface area contributed by atoms with Gasteiger partial charge in [-0.2, -0.15) is 0 Å². The van der Waals surface area contributed by atoms with E-state index in [1.807, 2.05) is 6.92 Å². The van der Waals surface area contributed by atoms with E-state index in [-0.39, 0.29) is 23.7 Å². The number of carbonyl (C=O) groups is 3. The van der Waals surface area contributed by atoms with Gasteiger partial charge in [0.05, 0.1) is 24.4 Å². The molecule has 1 aromatic heterocycles. The molecule has 29 heavy (non-hydrogen) atoms. The zero-order valence-corrected chi connectivity index (χ0v) is 18.1. The lowest BCUT2D eigenvalue weighted by molar-refractivity contribution is -0.126. The number of methoxy groups -OCH3 is 2. The molecule has 1 unspecified atom stereocenters. The van der Waals surface area contributed by atoms with Crippen LogP contribution in [0.1, 0.15) is 58.3 Å². The number of amides is 1. The molecule has 0 aliphatic carbocycles. The number of ketones is 1. The smallest absolute Gasteiger partial charge is 0.339 e. The maximum absolute atomic E-state index is 13.0. The van der Waals surface area contributed by atoms with Crippen LogP contribution in [-0.4, -0.2) is 74.0 Å². The molecule has 8 nitrogen and oxygen atoms in total. The number of ether oxygens (including phenoxy) is 2. The van der Waals surface area contributed by atoms with E-state index < -0.39 is 5.97 Å². The minimum absolute atomic E-state index is 0.0171. The Hall–Kier alpha value is -2.19. The number of nitrogens with one attached hydrogen (secondary N) is 2. The fourth-order valence-corrected chi connectivity index (χ4v) is 3.90. The summed E-state index contributed by atoms with van der Waals surface area (Å²) >= 11 is 0. The molecule has 0 saturated carbocycles. The lowest BCUT2D eigenvalue weighted by atomic mass is 9.93. The summed E-state index contributed by atoms with van der Waals surface area (Å²) in [6.07, 6.45) is 2.25. The summed E-state index contributed by atoms with van der Waals surface area (Å²) in [5, 5.41) is 2.96. The van der Waals surface area contributed by atoms with Crippen molar-refractivity contribution in [1.29, 1.82) is 0 Å². The average Bonchev–Trinajstić information content (AvgIpc) is 3.03. The molecule has 8 heteroatoms. The van der Waals surface area contributed by atoms with Crippen molar-refractivity contribution >= 4 is 17.7 Å². The van der Waals surface area contributed by atoms with E-state index >= 15 is 0 Å². The molecular formula is C21H33N3O5. The third kappa shape index (κ3) is 5.45. The van der Waals surface area contributed by atoms with Gasteiger partial charge in [0, 0.05) is 31.9 Å². The summed E-state index contributed by atoms with van der Waals surface area (Å²) in [4.78, 5) is 42.5. The molecule has 1 aliphatic heterocycles. The van der Waals surface area contributed by atoms with Crippen LogP contribution in [0.25, 0.3) is 0 Å². The number of aromatic amines is 1. The maximum Gasteiger partial charge on any atom is 0.339 e. The van der Waals surface area contributed by atoms with Gasteiger partial charge in [0.25, 0.3) is 0 Å². The first kappa shape index (κ1) is 23.1. The highest BCUT2D eigenvalue weighted by molar-refractivity contribution is 6.03. The summed E-state index contributed by atoms with van der Waals surface area (Å²) in [7, 11) is 2.97. The molecule has 0 bridgehead atoms. The molecule has 1 fully saturated rings. The van der Waals surface area contributed by atoms with Gasteiger partial charge in [0.1, 0.15) is 0 Å². The van der Waals surface area contributed by atoms with E-state index in [1.54, 1.807) is 21.0 Å². The second-order valence-electron chi connectivity index (χ2n) is 7.60. The minimum atomic E-state index is -0.444. The Morgan fingerprint density at radius 2 is 1.86 bits per heavy atom. The van der Waals surface area contributed by atoms with Crippen LogP contribution < -0.4 is 5.32 Å². The second kappa shape index (κ2) is 10.5. The molecular weight excluding hydrogens is 374 g/mol. The zero-order valence-electron chi connectivity index (χ0n) is 18.1. The Kier molecular flexibility index (Phi) is 8.40. The van der Waals surface area contributed by atoms with Crippen LogP contribution in [-0.2, 0) is 14.3 Å². The first-order chi connectivity index (χ1) is 13.8. The van der Waals surface area contributed by atoms with Crippen molar-refractivity contribution in [2.45, 2.75) is 46.1 Å². The van der Waals surface area contributed by atoms with Crippen molar-refractivity contribution < 1.29 is 23.9 Å². The van der Waals surface area contributed by atoms with Gasteiger partial charge in [-0.25, -0.2) is 4.79 Å². The third-order valence-electron chi connectivity index (χ3n) is 5.73. The van der Waals surface area contributed by atoms with Crippen LogP contribution in [0.15, 0.2) is 0 Å². The second-order valence-corrected chi connectivity index (χ2v) is 7.60. The van der Waals surface area contributed by atoms with Gasteiger partial charge < -0.3 is 19.8 Å². The number of nitrogens with zero attached hydrogens (tertiary/aromatic N) is 1. The number of aryl methyl sites for hydroxylation is 1. The number of aromatic nitrogens is 1. The van der Waals surface area contributed by atoms with Gasteiger partial charge in [-0.05, 0) is 58.7 Å². The predicted octanol–water partition coefficient (Wildman–Crippen LogP) is 1.85. The number of Topliss-reactive ketones (excluding diaryl/α,β-unsaturated/α-hetero) is 1. The van der Waals surface area contributed by atoms with Crippen molar-refractivity contribution in [3.05, 3.63) is 22.5 Å². The molecule has 0 spiro atoms. The number of likely N-dealkylation sites (tertiary alicyclic amines) is 1. The maximum atomic E-state index is 13.0. The van der Waals surface area contributed by atoms with Crippen LogP contribution in [0, 0.1) is 19.8 Å². The first-order valence-corrected chi connectivity index (χ1v) is 10.1. The summed E-state index contributed by atoms with van der Waals surface area (Å²) < 4.78 is 9.80. The zero-order chi connectivity index (χ0) is 21.6. The number of H-pyrrole nitrogens is 1. The standard InChI is InChI=1S/C21H33N3O5/c1-13-17(21(27)29-5)14(2)23-18(13)19(25)15(3)24-10-7-16(8-11-24)20(26)22-9-6-12-28-4/h15-16,23H,6-12H2,1-5H3,(H,22,26). The van der Waals surface area contributed by atoms with E-state index in [0.29, 0.717) is 48.8 Å². The monoisotopic (exact) mass is 407 g/mol. The summed E-state index contributed by atoms with van der Waals surface area (Å²) in [5.41, 5.74) is 2.13. The highest BCUT2D eigenvalue weighted by Gasteiger charge is 2.32. The van der Waals surface area contributed by atoms with Gasteiger partial charge in [-0.3, -0.25) is 14.5 Å². The van der Waals surface area contributed by atoms with E-state index in [2.05, 4.69) is 15.2 Å². The van der Waals surface area contributed by atoms with Crippen LogP contribution in [0.3, 0.4) is 0 Å². The Labute approximate surface area is 172 Å². The first-order valence-electron chi connectivity index (χ1n) is 10.1. The number of rotatable bonds is 9. The average molecular weight is 408 g/mol. The lowest BCUT2D eigenvalue weighted by Crippen LogP contribution is -2.47. The van der Waals surface area contributed by atoms with Crippen molar-refractivity contribution in [2.75, 3.05) is 40.5 Å². The van der Waals surface area contributed by atoms with Crippen LogP contribution in [0.4, 0.5) is 0 Å². The van der Waals surface area contributed by atoms with E-state index in [9.17, 15) is 14.4 Å². The van der Waals surface area contributed by atoms with Crippen molar-refractivity contribution in [1.82, 2.24) is 15.2 Å². The fourth-order valence-electron chi connectivity index (χ4n) is 3.90. The summed E-state index contributed by atoms with van der Waals surface area (Å²) in [5.74, 6) is -0.432. The van der Waals surface area contributed by atoms with Gasteiger partial charge in [0.15, 0.2) is 5.78 Å². The molecule has 2 N–H and O–H groups in total. The molecule has 0 radical (unpaired) electrons. The summed E-state index contributed by atoms with van der Waals surface area (Å²) in [6, 6.07) is -0.331. The number of hydrogen-bond acceptors (Lipinski definition) is 6. The Bertz CT molecular complexity index is 735. The van der Waals surface area contributed by atoms with E-state index in [0.717, 1.165) is 19.3 Å². The fraction of sp³-hybridized carbons (Fsp3) is 0.667. The molecule has 2 rings (SSSR count). The summed E-state index contributed by atoms with van der Waals surface area (Å²) in [6.45, 7) is 8.02. The van der Waals surface area contributed by atoms with Crippen molar-refractivity contribution in [3.8, 4) is 0 Å². The van der Waals surface area contributed by atoms with Crippen LogP contribution in [0.5, 0.6) is 0 Å². The van der Waals surface area contributed by atoms with Crippen LogP contribution >= 0.6 is 0 Å². The van der Waals surface area contributed by atoms with Gasteiger partial charge in [-0.15, -0.1) is 0 Å². The largest absolute Gasteiger partial charge is 0.465 e. The van der Waals surface area contributed by atoms with E-state index in [4.69, 9.17) is 9.47 Å². The highest BCUT2D eigenvalue weighted by atomic mass is 16.5.